The fourth-order valence-electron chi connectivity index (χ4n) is 2.30. The van der Waals surface area contributed by atoms with Gasteiger partial charge in [0.15, 0.2) is 0 Å². The summed E-state index contributed by atoms with van der Waals surface area (Å²) >= 11 is 6.41. The number of nitrogens with one attached hydrogen (secondary N) is 1. The number of rotatable bonds is 7. The van der Waals surface area contributed by atoms with Crippen LogP contribution in [0.4, 0.5) is 5.69 Å². The van der Waals surface area contributed by atoms with Gasteiger partial charge >= 0.3 is 0 Å². The van der Waals surface area contributed by atoms with E-state index < -0.39 is 0 Å². The Morgan fingerprint density at radius 3 is 2.74 bits per heavy atom. The highest BCUT2D eigenvalue weighted by molar-refractivity contribution is 6.31. The molecule has 1 N–H and O–H groups in total. The third kappa shape index (κ3) is 3.62. The summed E-state index contributed by atoms with van der Waals surface area (Å²) in [7, 11) is 3.69. The summed E-state index contributed by atoms with van der Waals surface area (Å²) in [5.41, 5.74) is 2.35. The molecule has 0 amide bonds. The second kappa shape index (κ2) is 6.60. The normalized spacial score (nSPS) is 16.4. The molecule has 0 saturated heterocycles. The molecule has 4 heteroatoms. The lowest BCUT2D eigenvalue weighted by atomic mass is 10.1. The molecule has 0 aliphatic heterocycles. The molecule has 1 aromatic rings. The maximum Gasteiger partial charge on any atom is 0.0637 e. The van der Waals surface area contributed by atoms with Crippen LogP contribution in [0.1, 0.15) is 31.4 Å². The van der Waals surface area contributed by atoms with Gasteiger partial charge in [-0.15, -0.1) is 0 Å². The average Bonchev–Trinajstić information content (AvgIpc) is 3.23. The minimum absolute atomic E-state index is 0.273. The molecule has 1 aliphatic rings. The van der Waals surface area contributed by atoms with Crippen molar-refractivity contribution in [1.29, 1.82) is 0 Å². The largest absolute Gasteiger partial charge is 0.383 e. The van der Waals surface area contributed by atoms with Crippen LogP contribution in [0.5, 0.6) is 0 Å². The Bertz CT molecular complexity index is 421. The molecule has 3 nitrogen and oxygen atoms in total. The number of halogens is 1. The molecular weight excluding hydrogens is 260 g/mol. The number of hydrogen-bond donors (Lipinski definition) is 1. The Labute approximate surface area is 120 Å². The number of hydrogen-bond acceptors (Lipinski definition) is 3. The van der Waals surface area contributed by atoms with Crippen molar-refractivity contribution in [3.05, 3.63) is 28.8 Å². The van der Waals surface area contributed by atoms with E-state index in [9.17, 15) is 0 Å². The van der Waals surface area contributed by atoms with Crippen LogP contribution in [0, 0.1) is 0 Å². The van der Waals surface area contributed by atoms with E-state index in [0.717, 1.165) is 23.7 Å². The smallest absolute Gasteiger partial charge is 0.0637 e. The van der Waals surface area contributed by atoms with Crippen molar-refractivity contribution in [3.8, 4) is 0 Å². The summed E-state index contributed by atoms with van der Waals surface area (Å²) in [4.78, 5) is 2.41. The van der Waals surface area contributed by atoms with Gasteiger partial charge in [-0.2, -0.15) is 0 Å². The minimum Gasteiger partial charge on any atom is -0.383 e. The molecule has 1 saturated carbocycles. The quantitative estimate of drug-likeness (QED) is 0.831. The van der Waals surface area contributed by atoms with Gasteiger partial charge in [-0.25, -0.2) is 0 Å². The van der Waals surface area contributed by atoms with Crippen molar-refractivity contribution in [2.75, 3.05) is 32.2 Å². The van der Waals surface area contributed by atoms with Gasteiger partial charge in [-0.1, -0.05) is 17.7 Å². The van der Waals surface area contributed by atoms with E-state index in [2.05, 4.69) is 35.3 Å². The van der Waals surface area contributed by atoms with Gasteiger partial charge < -0.3 is 15.0 Å². The highest BCUT2D eigenvalue weighted by atomic mass is 35.5. The lowest BCUT2D eigenvalue weighted by Gasteiger charge is -2.25. The van der Waals surface area contributed by atoms with E-state index in [1.54, 1.807) is 7.11 Å². The predicted molar refractivity (Wildman–Crippen MR) is 81.2 cm³/mol. The zero-order chi connectivity index (χ0) is 13.8. The Morgan fingerprint density at radius 1 is 1.47 bits per heavy atom. The third-order valence-electron chi connectivity index (χ3n) is 3.74. The summed E-state index contributed by atoms with van der Waals surface area (Å²) in [6.07, 6.45) is 2.55. The second-order valence-corrected chi connectivity index (χ2v) is 5.54. The number of nitrogens with zero attached hydrogens (tertiary/aromatic N) is 1. The predicted octanol–water partition coefficient (Wildman–Crippen LogP) is 3.24. The van der Waals surface area contributed by atoms with E-state index in [-0.39, 0.29) is 6.04 Å². The Morgan fingerprint density at radius 2 is 2.21 bits per heavy atom. The number of methoxy groups -OCH3 is 1. The molecule has 1 aliphatic carbocycles. The molecule has 19 heavy (non-hydrogen) atoms. The van der Waals surface area contributed by atoms with Gasteiger partial charge in [0, 0.05) is 36.4 Å². The summed E-state index contributed by atoms with van der Waals surface area (Å²) < 4.78 is 5.20. The standard InChI is InChI=1S/C15H23ClN2O/c1-11(17-2)14-7-6-13(10-15(14)16)18(8-9-19-3)12-4-5-12/h6-7,10-12,17H,4-5,8-9H2,1-3H3. The number of benzene rings is 1. The lowest BCUT2D eigenvalue weighted by Crippen LogP contribution is -2.29. The molecule has 1 fully saturated rings. The molecular formula is C15H23ClN2O. The monoisotopic (exact) mass is 282 g/mol. The van der Waals surface area contributed by atoms with E-state index in [4.69, 9.17) is 16.3 Å². The van der Waals surface area contributed by atoms with Crippen molar-refractivity contribution in [2.45, 2.75) is 31.8 Å². The van der Waals surface area contributed by atoms with Crippen molar-refractivity contribution in [3.63, 3.8) is 0 Å². The van der Waals surface area contributed by atoms with Crippen LogP contribution in [0.3, 0.4) is 0 Å². The van der Waals surface area contributed by atoms with Gasteiger partial charge in [0.25, 0.3) is 0 Å². The third-order valence-corrected chi connectivity index (χ3v) is 4.07. The molecule has 1 atom stereocenters. The zero-order valence-electron chi connectivity index (χ0n) is 11.9. The topological polar surface area (TPSA) is 24.5 Å². The SMILES string of the molecule is CNC(C)c1ccc(N(CCOC)C2CC2)cc1Cl. The van der Waals surface area contributed by atoms with E-state index >= 15 is 0 Å². The van der Waals surface area contributed by atoms with Crippen LogP contribution in [0.2, 0.25) is 5.02 Å². The molecule has 0 bridgehead atoms. The second-order valence-electron chi connectivity index (χ2n) is 5.13. The van der Waals surface area contributed by atoms with Crippen LogP contribution in [0.15, 0.2) is 18.2 Å². The Balaban J connectivity index is 2.16. The van der Waals surface area contributed by atoms with Crippen molar-refractivity contribution in [1.82, 2.24) is 5.32 Å². The lowest BCUT2D eigenvalue weighted by molar-refractivity contribution is 0.205. The van der Waals surface area contributed by atoms with Gasteiger partial charge in [0.05, 0.1) is 6.61 Å². The first-order valence-corrected chi connectivity index (χ1v) is 7.27. The molecule has 0 spiro atoms. The van der Waals surface area contributed by atoms with E-state index in [1.165, 1.54) is 18.5 Å². The summed E-state index contributed by atoms with van der Waals surface area (Å²) in [6, 6.07) is 7.32. The number of anilines is 1. The molecule has 0 radical (unpaired) electrons. The summed E-state index contributed by atoms with van der Waals surface area (Å²) in [5, 5.41) is 4.06. The maximum atomic E-state index is 6.41. The molecule has 0 aromatic heterocycles. The molecule has 2 rings (SSSR count). The molecule has 0 heterocycles. The number of ether oxygens (including phenoxy) is 1. The molecule has 106 valence electrons. The van der Waals surface area contributed by atoms with Gasteiger partial charge in [-0.05, 0) is 44.5 Å². The molecule has 1 aromatic carbocycles. The van der Waals surface area contributed by atoms with Crippen molar-refractivity contribution < 1.29 is 4.74 Å². The van der Waals surface area contributed by atoms with Crippen molar-refractivity contribution >= 4 is 17.3 Å². The van der Waals surface area contributed by atoms with Gasteiger partial charge in [0.2, 0.25) is 0 Å². The van der Waals surface area contributed by atoms with Crippen molar-refractivity contribution in [2.24, 2.45) is 0 Å². The van der Waals surface area contributed by atoms with E-state index in [1.807, 2.05) is 7.05 Å². The average molecular weight is 283 g/mol. The fourth-order valence-corrected chi connectivity index (χ4v) is 2.64. The highest BCUT2D eigenvalue weighted by Gasteiger charge is 2.29. The van der Waals surface area contributed by atoms with Gasteiger partial charge in [0.1, 0.15) is 0 Å². The summed E-state index contributed by atoms with van der Waals surface area (Å²) in [6.45, 7) is 3.80. The first-order chi connectivity index (χ1) is 9.17. The maximum absolute atomic E-state index is 6.41. The Kier molecular flexibility index (Phi) is 5.08. The molecule has 1 unspecified atom stereocenters. The van der Waals surface area contributed by atoms with Crippen LogP contribution < -0.4 is 10.2 Å². The van der Waals surface area contributed by atoms with Crippen LogP contribution >= 0.6 is 11.6 Å². The first-order valence-electron chi connectivity index (χ1n) is 6.89. The van der Waals surface area contributed by atoms with Crippen LogP contribution in [-0.4, -0.2) is 33.4 Å². The summed E-state index contributed by atoms with van der Waals surface area (Å²) in [5.74, 6) is 0. The van der Waals surface area contributed by atoms with Gasteiger partial charge in [-0.3, -0.25) is 0 Å². The zero-order valence-corrected chi connectivity index (χ0v) is 12.7. The van der Waals surface area contributed by atoms with Crippen LogP contribution in [-0.2, 0) is 4.74 Å². The Hall–Kier alpha value is -0.770. The highest BCUT2D eigenvalue weighted by Crippen LogP contribution is 2.34. The van der Waals surface area contributed by atoms with Crippen LogP contribution in [0.25, 0.3) is 0 Å². The van der Waals surface area contributed by atoms with E-state index in [0.29, 0.717) is 6.04 Å². The first kappa shape index (κ1) is 14.6. The fraction of sp³-hybridized carbons (Fsp3) is 0.600. The minimum atomic E-state index is 0.273.